The van der Waals surface area contributed by atoms with Crippen molar-refractivity contribution in [3.8, 4) is 0 Å². The van der Waals surface area contributed by atoms with Gasteiger partial charge in [0.1, 0.15) is 0 Å². The molecule has 0 rings (SSSR count). The first kappa shape index (κ1) is 15.7. The maximum atomic E-state index is 2.60. The minimum atomic E-state index is 0.453. The maximum Gasteiger partial charge on any atom is -0.0146 e. The highest BCUT2D eigenvalue weighted by atomic mass is 14.2. The second-order valence-electron chi connectivity index (χ2n) is 5.37. The van der Waals surface area contributed by atoms with Gasteiger partial charge in [-0.3, -0.25) is 0 Å². The summed E-state index contributed by atoms with van der Waals surface area (Å²) in [5, 5.41) is 0. The fourth-order valence-electron chi connectivity index (χ4n) is 2.18. The van der Waals surface area contributed by atoms with Gasteiger partial charge in [-0.2, -0.15) is 0 Å². The van der Waals surface area contributed by atoms with Crippen molar-refractivity contribution >= 4 is 0 Å². The van der Waals surface area contributed by atoms with Crippen molar-refractivity contribution in [1.82, 2.24) is 0 Å². The van der Waals surface area contributed by atoms with E-state index in [9.17, 15) is 0 Å². The predicted octanol–water partition coefficient (Wildman–Crippen LogP) is 6.12. The molecule has 96 valence electrons. The third kappa shape index (κ3) is 6.35. The molecule has 0 heteroatoms. The van der Waals surface area contributed by atoms with Crippen molar-refractivity contribution < 1.29 is 0 Å². The molecule has 0 spiro atoms. The Morgan fingerprint density at radius 3 is 2.06 bits per heavy atom. The summed E-state index contributed by atoms with van der Waals surface area (Å²) in [5.41, 5.74) is 2.14. The van der Waals surface area contributed by atoms with Crippen LogP contribution in [0, 0.1) is 5.41 Å². The molecule has 0 aromatic rings. The van der Waals surface area contributed by atoms with Crippen LogP contribution in [0.5, 0.6) is 0 Å². The van der Waals surface area contributed by atoms with Crippen LogP contribution in [-0.2, 0) is 0 Å². The molecule has 0 aromatic heterocycles. The summed E-state index contributed by atoms with van der Waals surface area (Å²) >= 11 is 0. The van der Waals surface area contributed by atoms with E-state index < -0.39 is 0 Å². The minimum Gasteiger partial charge on any atom is -0.0794 e. The van der Waals surface area contributed by atoms with Gasteiger partial charge in [-0.05, 0) is 37.5 Å². The lowest BCUT2D eigenvalue weighted by Crippen LogP contribution is -2.12. The molecule has 0 heterocycles. The number of hydrogen-bond acceptors (Lipinski definition) is 0. The van der Waals surface area contributed by atoms with E-state index in [2.05, 4.69) is 40.7 Å². The molecule has 0 aliphatic rings. The molecule has 0 aliphatic carbocycles. The third-order valence-electron chi connectivity index (χ3n) is 3.77. The molecule has 1 unspecified atom stereocenters. The van der Waals surface area contributed by atoms with E-state index in [-0.39, 0.29) is 0 Å². The van der Waals surface area contributed by atoms with Crippen LogP contribution in [0.3, 0.4) is 0 Å². The average Bonchev–Trinajstić information content (AvgIpc) is 2.32. The number of rotatable bonds is 9. The van der Waals surface area contributed by atoms with Gasteiger partial charge in [-0.25, -0.2) is 0 Å². The first-order chi connectivity index (χ1) is 7.61. The molecule has 0 aliphatic heterocycles. The van der Waals surface area contributed by atoms with E-state index in [1.807, 2.05) is 0 Å². The van der Waals surface area contributed by atoms with Crippen molar-refractivity contribution in [3.05, 3.63) is 11.6 Å². The van der Waals surface area contributed by atoms with E-state index in [4.69, 9.17) is 0 Å². The Bertz CT molecular complexity index is 190. The van der Waals surface area contributed by atoms with Gasteiger partial charge in [-0.15, -0.1) is 0 Å². The molecule has 1 atom stereocenters. The molecule has 0 saturated heterocycles. The molecule has 0 amide bonds. The summed E-state index contributed by atoms with van der Waals surface area (Å²) in [6, 6.07) is 0. The summed E-state index contributed by atoms with van der Waals surface area (Å²) < 4.78 is 0. The highest BCUT2D eigenvalue weighted by Crippen LogP contribution is 2.32. The van der Waals surface area contributed by atoms with Crippen LogP contribution in [-0.4, -0.2) is 0 Å². The Hall–Kier alpha value is -0.260. The molecule has 16 heavy (non-hydrogen) atoms. The highest BCUT2D eigenvalue weighted by molar-refractivity contribution is 5.08. The first-order valence-electron chi connectivity index (χ1n) is 7.32. The van der Waals surface area contributed by atoms with Crippen LogP contribution in [0.4, 0.5) is 0 Å². The Kier molecular flexibility index (Phi) is 8.70. The summed E-state index contributed by atoms with van der Waals surface area (Å²) in [4.78, 5) is 0. The lowest BCUT2D eigenvalue weighted by atomic mass is 9.80. The molecule has 0 fully saturated rings. The molecular formula is C16H32. The lowest BCUT2D eigenvalue weighted by molar-refractivity contribution is 0.359. The van der Waals surface area contributed by atoms with E-state index in [1.54, 1.807) is 5.57 Å². The summed E-state index contributed by atoms with van der Waals surface area (Å²) in [6.07, 6.45) is 13.1. The van der Waals surface area contributed by atoms with Crippen LogP contribution in [0.25, 0.3) is 0 Å². The Morgan fingerprint density at radius 2 is 1.62 bits per heavy atom. The Labute approximate surface area is 104 Å². The monoisotopic (exact) mass is 224 g/mol. The topological polar surface area (TPSA) is 0 Å². The zero-order valence-electron chi connectivity index (χ0n) is 12.2. The maximum absolute atomic E-state index is 2.60. The molecule has 0 aromatic carbocycles. The van der Waals surface area contributed by atoms with E-state index in [1.165, 1.54) is 51.4 Å². The Balaban J connectivity index is 4.46. The third-order valence-corrected chi connectivity index (χ3v) is 3.77. The quantitative estimate of drug-likeness (QED) is 0.414. The largest absolute Gasteiger partial charge is 0.0794 e. The van der Waals surface area contributed by atoms with E-state index in [0.717, 1.165) is 0 Å². The molecule has 0 radical (unpaired) electrons. The number of unbranched alkanes of at least 4 members (excludes halogenated alkanes) is 2. The summed E-state index contributed by atoms with van der Waals surface area (Å²) in [7, 11) is 0. The van der Waals surface area contributed by atoms with Crippen LogP contribution in [0.1, 0.15) is 86.0 Å². The molecular weight excluding hydrogens is 192 g/mol. The fourth-order valence-corrected chi connectivity index (χ4v) is 2.18. The second-order valence-corrected chi connectivity index (χ2v) is 5.37. The Morgan fingerprint density at radius 1 is 1.00 bits per heavy atom. The van der Waals surface area contributed by atoms with Crippen LogP contribution < -0.4 is 0 Å². The molecule has 0 nitrogen and oxygen atoms in total. The number of allylic oxidation sites excluding steroid dienone is 2. The minimum absolute atomic E-state index is 0.453. The van der Waals surface area contributed by atoms with Gasteiger partial charge in [-0.1, -0.05) is 65.5 Å². The SMILES string of the molecule is CCCCC(=CC(C)(CC)CCCC)CC. The van der Waals surface area contributed by atoms with Crippen molar-refractivity contribution in [2.45, 2.75) is 86.0 Å². The van der Waals surface area contributed by atoms with Gasteiger partial charge >= 0.3 is 0 Å². The van der Waals surface area contributed by atoms with E-state index >= 15 is 0 Å². The predicted molar refractivity (Wildman–Crippen MR) is 75.8 cm³/mol. The van der Waals surface area contributed by atoms with Crippen molar-refractivity contribution in [2.75, 3.05) is 0 Å². The van der Waals surface area contributed by atoms with Gasteiger partial charge in [0.15, 0.2) is 0 Å². The summed E-state index contributed by atoms with van der Waals surface area (Å²) in [6.45, 7) is 11.6. The van der Waals surface area contributed by atoms with E-state index in [0.29, 0.717) is 5.41 Å². The normalized spacial score (nSPS) is 16.2. The zero-order valence-corrected chi connectivity index (χ0v) is 12.2. The lowest BCUT2D eigenvalue weighted by Gasteiger charge is -2.26. The van der Waals surface area contributed by atoms with Gasteiger partial charge < -0.3 is 0 Å². The second kappa shape index (κ2) is 8.84. The van der Waals surface area contributed by atoms with Crippen LogP contribution in [0.15, 0.2) is 11.6 Å². The number of hydrogen-bond donors (Lipinski definition) is 0. The highest BCUT2D eigenvalue weighted by Gasteiger charge is 2.18. The van der Waals surface area contributed by atoms with Crippen LogP contribution >= 0.6 is 0 Å². The average molecular weight is 224 g/mol. The van der Waals surface area contributed by atoms with Crippen LogP contribution in [0.2, 0.25) is 0 Å². The van der Waals surface area contributed by atoms with Crippen molar-refractivity contribution in [1.29, 1.82) is 0 Å². The van der Waals surface area contributed by atoms with Gasteiger partial charge in [0, 0.05) is 0 Å². The van der Waals surface area contributed by atoms with Gasteiger partial charge in [0.25, 0.3) is 0 Å². The van der Waals surface area contributed by atoms with Crippen molar-refractivity contribution in [3.63, 3.8) is 0 Å². The van der Waals surface area contributed by atoms with Crippen molar-refractivity contribution in [2.24, 2.45) is 5.41 Å². The van der Waals surface area contributed by atoms with Gasteiger partial charge in [0.05, 0.1) is 0 Å². The molecule has 0 saturated carbocycles. The smallest absolute Gasteiger partial charge is 0.0146 e. The molecule has 0 bridgehead atoms. The van der Waals surface area contributed by atoms with Gasteiger partial charge in [0.2, 0.25) is 0 Å². The summed E-state index contributed by atoms with van der Waals surface area (Å²) in [5.74, 6) is 0. The standard InChI is InChI=1S/C16H32/c1-6-10-12-15(8-3)14-16(5,9-4)13-11-7-2/h14H,6-13H2,1-5H3. The first-order valence-corrected chi connectivity index (χ1v) is 7.32. The zero-order chi connectivity index (χ0) is 12.4. The fraction of sp³-hybridized carbons (Fsp3) is 0.875. The molecule has 0 N–H and O–H groups in total.